The number of carbonyl (C=O) groups is 8. The molecule has 2 aromatic heterocycles. The average molecular weight is 1350 g/mol. The van der Waals surface area contributed by atoms with Gasteiger partial charge in [-0.25, -0.2) is 9.59 Å². The number of aromatic hydroxyl groups is 1. The van der Waals surface area contributed by atoms with Gasteiger partial charge in [-0.2, -0.15) is 0 Å². The second-order valence-electron chi connectivity index (χ2n) is 27.2. The number of phenols is 1. The number of phenolic OH excluding ortho intramolecular Hbond substituents is 1. The summed E-state index contributed by atoms with van der Waals surface area (Å²) in [5.41, 5.74) is 4.76. The predicted octanol–water partition coefficient (Wildman–Crippen LogP) is 11.6. The number of ether oxygens (including phenoxy) is 4. The van der Waals surface area contributed by atoms with E-state index in [4.69, 9.17) is 23.4 Å². The van der Waals surface area contributed by atoms with E-state index >= 15 is 0 Å². The molecule has 2 fully saturated rings. The Bertz CT molecular complexity index is 4070. The lowest BCUT2D eigenvalue weighted by atomic mass is 9.89. The van der Waals surface area contributed by atoms with Crippen LogP contribution >= 0.6 is 0 Å². The minimum absolute atomic E-state index is 0. The second-order valence-corrected chi connectivity index (χ2v) is 31.9. The fourth-order valence-electron chi connectivity index (χ4n) is 11.0. The number of nitrogens with one attached hydrogen (secondary N) is 6. The number of benzene rings is 6. The molecule has 0 bridgehead atoms. The van der Waals surface area contributed by atoms with Crippen LogP contribution in [0.5, 0.6) is 11.5 Å². The molecule has 2 saturated heterocycles. The number of Topliss-reactive ketones (excluding diaryl/α,β-unsaturated/α-hetero) is 4. The third-order valence-corrected chi connectivity index (χ3v) is 22.7. The standard InChI is InChI=1S/C41H51N3O7Si.C35H37N3O7.H3N/c1-27(43-39(48)49-25-29-13-9-8-10-14-29)36(45)23-30(22-31-24-42-34-16-12-11-15-33(31)34)38(47)44-35(37(46)41(5)26-50-41)21-28-17-19-32(20-18-28)51-52(6,7)40(2,3)4;1-22(37-34(43)44-20-24-8-4-3-5-9-24)31(40)18-25(17-26-19-36-29-11-7-6-10-28(26)29)33(42)38-30(32(41)35(2)21-45-35)16-23-12-14-27(39)15-13-23;/h8-20,24,27,30,35,42H,21-23,25-26H2,1-7H3,(H,43,48)(H,44,47);3-15,19,22,25,30,36,39H,16-18,20-21H2,1-2H3,(H,37,43)(H,38,42);1H3/t27-,30-,35+,41?;22-,25-,30+,35?;/m11./s1. The van der Waals surface area contributed by atoms with Gasteiger partial charge in [0.05, 0.1) is 37.4 Å². The summed E-state index contributed by atoms with van der Waals surface area (Å²) in [6, 6.07) is 44.3. The smallest absolute Gasteiger partial charge is 0.408 e. The largest absolute Gasteiger partial charge is 0.544 e. The molecule has 21 nitrogen and oxygen atoms in total. The molecule has 2 aliphatic rings. The number of rotatable bonds is 30. The fourth-order valence-corrected chi connectivity index (χ4v) is 12.0. The summed E-state index contributed by atoms with van der Waals surface area (Å²) in [6.45, 7) is 18.1. The molecule has 0 radical (unpaired) electrons. The number of fused-ring (bicyclic) bond motifs is 2. The zero-order valence-electron chi connectivity index (χ0n) is 57.2. The Morgan fingerprint density at radius 2 is 0.888 bits per heavy atom. The van der Waals surface area contributed by atoms with E-state index in [9.17, 15) is 43.5 Å². The highest BCUT2D eigenvalue weighted by Gasteiger charge is 2.51. The summed E-state index contributed by atoms with van der Waals surface area (Å²) in [5, 5.41) is 22.7. The number of hydrogen-bond acceptors (Lipinski definition) is 15. The van der Waals surface area contributed by atoms with Gasteiger partial charge in [0.1, 0.15) is 35.9 Å². The number of hydrogen-bond donors (Lipinski definition) is 8. The SMILES string of the molecule is C[C@@H](NC(=O)OCc1ccccc1)C(=O)C[C@@H](Cc1c[nH]c2ccccc12)C(=O)N[C@@H](Cc1ccc(O)cc1)C(=O)C1(C)CO1.C[C@@H](NC(=O)OCc1ccccc1)C(=O)C[C@@H](Cc1c[nH]c2ccccc12)C(=O)N[C@@H](Cc1ccc(O[Si](C)(C)C(C)(C)C)cc1)C(=O)C1(C)CO1.N. The van der Waals surface area contributed by atoms with Crippen molar-refractivity contribution in [3.05, 3.63) is 203 Å². The highest BCUT2D eigenvalue weighted by atomic mass is 28.4. The first-order chi connectivity index (χ1) is 46.2. The molecule has 8 atom stereocenters. The van der Waals surface area contributed by atoms with Crippen LogP contribution < -0.4 is 31.8 Å². The van der Waals surface area contributed by atoms with Gasteiger partial charge in [0.25, 0.3) is 0 Å². The van der Waals surface area contributed by atoms with Crippen LogP contribution in [0.2, 0.25) is 18.1 Å². The Morgan fingerprint density at radius 3 is 1.27 bits per heavy atom. The van der Waals surface area contributed by atoms with Gasteiger partial charge in [0.15, 0.2) is 23.1 Å². The maximum atomic E-state index is 14.2. The predicted molar refractivity (Wildman–Crippen MR) is 376 cm³/mol. The molecule has 10 rings (SSSR count). The number of carbonyl (C=O) groups excluding carboxylic acids is 8. The van der Waals surface area contributed by atoms with Crippen LogP contribution in [0.3, 0.4) is 0 Å². The van der Waals surface area contributed by atoms with Gasteiger partial charge < -0.3 is 65.9 Å². The summed E-state index contributed by atoms with van der Waals surface area (Å²) in [5.74, 6) is -2.90. The first-order valence-corrected chi connectivity index (χ1v) is 35.7. The van der Waals surface area contributed by atoms with Crippen molar-refractivity contribution in [3.63, 3.8) is 0 Å². The van der Waals surface area contributed by atoms with E-state index in [1.54, 1.807) is 39.8 Å². The number of epoxide rings is 2. The maximum absolute atomic E-state index is 14.2. The van der Waals surface area contributed by atoms with Gasteiger partial charge in [-0.1, -0.05) is 142 Å². The first-order valence-electron chi connectivity index (χ1n) is 32.8. The minimum atomic E-state index is -2.05. The third-order valence-electron chi connectivity index (χ3n) is 18.4. The molecule has 22 heteroatoms. The molecule has 6 aromatic carbocycles. The summed E-state index contributed by atoms with van der Waals surface area (Å²) >= 11 is 0. The average Bonchev–Trinajstić information content (AvgIpc) is 1.63. The van der Waals surface area contributed by atoms with Crippen molar-refractivity contribution in [3.8, 4) is 11.5 Å². The second kappa shape index (κ2) is 32.5. The highest BCUT2D eigenvalue weighted by Crippen LogP contribution is 2.38. The number of H-pyrrole nitrogens is 2. The molecule has 2 unspecified atom stereocenters. The van der Waals surface area contributed by atoms with Crippen molar-refractivity contribution in [1.29, 1.82) is 0 Å². The van der Waals surface area contributed by atoms with E-state index in [0.717, 1.165) is 60.9 Å². The molecule has 518 valence electrons. The molecule has 10 N–H and O–H groups in total. The number of alkyl carbamates (subject to hydrolysis) is 2. The summed E-state index contributed by atoms with van der Waals surface area (Å²) in [6.07, 6.45) is 2.72. The molecule has 0 spiro atoms. The van der Waals surface area contributed by atoms with Crippen molar-refractivity contribution in [2.24, 2.45) is 11.8 Å². The molecular weight excluding hydrogens is 1260 g/mol. The summed E-state index contributed by atoms with van der Waals surface area (Å²) in [7, 11) is -2.05. The Morgan fingerprint density at radius 1 is 0.520 bits per heavy atom. The first kappa shape index (κ1) is 74.1. The van der Waals surface area contributed by atoms with Crippen molar-refractivity contribution in [2.45, 2.75) is 154 Å². The summed E-state index contributed by atoms with van der Waals surface area (Å²) < 4.78 is 27.9. The van der Waals surface area contributed by atoms with Crippen LogP contribution in [0.25, 0.3) is 21.8 Å². The highest BCUT2D eigenvalue weighted by molar-refractivity contribution is 6.74. The number of ketones is 4. The fraction of sp³-hybridized carbons (Fsp3) is 0.368. The van der Waals surface area contributed by atoms with Gasteiger partial charge >= 0.3 is 12.2 Å². The zero-order valence-corrected chi connectivity index (χ0v) is 58.2. The van der Waals surface area contributed by atoms with Crippen LogP contribution in [0.1, 0.15) is 94.7 Å². The third kappa shape index (κ3) is 20.2. The van der Waals surface area contributed by atoms with Crippen molar-refractivity contribution < 1.29 is 66.8 Å². The van der Waals surface area contributed by atoms with E-state index in [1.165, 1.54) is 12.1 Å². The van der Waals surface area contributed by atoms with Gasteiger partial charge in [-0.05, 0) is 141 Å². The van der Waals surface area contributed by atoms with Gasteiger partial charge in [0, 0.05) is 58.9 Å². The van der Waals surface area contributed by atoms with E-state index in [0.29, 0.717) is 0 Å². The topological polar surface area (TPSA) is 324 Å². The minimum Gasteiger partial charge on any atom is -0.544 e. The van der Waals surface area contributed by atoms with Crippen LogP contribution in [-0.4, -0.2) is 119 Å². The number of amides is 4. The Hall–Kier alpha value is -9.74. The van der Waals surface area contributed by atoms with Crippen LogP contribution in [0.4, 0.5) is 9.59 Å². The molecule has 4 amide bonds. The quantitative estimate of drug-likeness (QED) is 0.0153. The van der Waals surface area contributed by atoms with Crippen molar-refractivity contribution in [1.82, 2.24) is 37.4 Å². The summed E-state index contributed by atoms with van der Waals surface area (Å²) in [4.78, 5) is 114. The zero-order chi connectivity index (χ0) is 69.7. The van der Waals surface area contributed by atoms with Crippen molar-refractivity contribution in [2.75, 3.05) is 13.2 Å². The van der Waals surface area contributed by atoms with E-state index < -0.39 is 79.5 Å². The van der Waals surface area contributed by atoms with E-state index in [2.05, 4.69) is 65.1 Å². The van der Waals surface area contributed by atoms with Crippen molar-refractivity contribution >= 4 is 77.3 Å². The number of aromatic amines is 2. The van der Waals surface area contributed by atoms with Crippen LogP contribution in [0.15, 0.2) is 170 Å². The molecule has 98 heavy (non-hydrogen) atoms. The van der Waals surface area contributed by atoms with Crippen LogP contribution in [0, 0.1) is 11.8 Å². The molecular formula is C76H91N7O14Si. The molecule has 4 heterocycles. The lowest BCUT2D eigenvalue weighted by Crippen LogP contribution is -2.50. The molecule has 8 aromatic rings. The van der Waals surface area contributed by atoms with E-state index in [-0.39, 0.29) is 105 Å². The van der Waals surface area contributed by atoms with Crippen LogP contribution in [-0.2, 0) is 86.6 Å². The maximum Gasteiger partial charge on any atom is 0.408 e. The Kier molecular flexibility index (Phi) is 24.6. The van der Waals surface area contributed by atoms with Gasteiger partial charge in [0.2, 0.25) is 20.1 Å². The van der Waals surface area contributed by atoms with Gasteiger partial charge in [-0.15, -0.1) is 0 Å². The Balaban J connectivity index is 0.000000250. The number of aromatic nitrogens is 2. The normalized spacial score (nSPS) is 17.3. The Labute approximate surface area is 572 Å². The monoisotopic (exact) mass is 1350 g/mol. The van der Waals surface area contributed by atoms with E-state index in [1.807, 2.05) is 146 Å². The number of para-hydroxylation sites is 2. The lowest BCUT2D eigenvalue weighted by molar-refractivity contribution is -0.134. The molecule has 0 saturated carbocycles. The molecule has 0 aliphatic carbocycles. The molecule has 2 aliphatic heterocycles. The van der Waals surface area contributed by atoms with Gasteiger partial charge in [-0.3, -0.25) is 28.8 Å². The lowest BCUT2D eigenvalue weighted by Gasteiger charge is -2.36.